The van der Waals surface area contributed by atoms with Crippen molar-refractivity contribution in [2.75, 3.05) is 0 Å². The maximum atomic E-state index is 11.1. The highest BCUT2D eigenvalue weighted by atomic mass is 16.5. The molecule has 0 saturated heterocycles. The minimum atomic E-state index is -0.507. The van der Waals surface area contributed by atoms with Gasteiger partial charge in [-0.1, -0.05) is 29.4 Å². The van der Waals surface area contributed by atoms with Crippen LogP contribution in [-0.2, 0) is 10.2 Å². The van der Waals surface area contributed by atoms with E-state index in [1.807, 2.05) is 12.1 Å². The molecule has 0 aliphatic heterocycles. The van der Waals surface area contributed by atoms with Crippen molar-refractivity contribution in [2.45, 2.75) is 43.9 Å². The number of rotatable bonds is 6. The molecule has 2 heterocycles. The van der Waals surface area contributed by atoms with Gasteiger partial charge >= 0.3 is 0 Å². The maximum absolute atomic E-state index is 11.1. The van der Waals surface area contributed by atoms with Crippen LogP contribution < -0.4 is 5.73 Å². The van der Waals surface area contributed by atoms with Crippen molar-refractivity contribution < 1.29 is 9.32 Å². The molecule has 142 valence electrons. The molecule has 7 heteroatoms. The van der Waals surface area contributed by atoms with Crippen LogP contribution in [-0.4, -0.2) is 25.8 Å². The van der Waals surface area contributed by atoms with Crippen molar-refractivity contribution in [3.05, 3.63) is 59.1 Å². The Morgan fingerprint density at radius 3 is 2.79 bits per heavy atom. The molecule has 0 unspecified atom stereocenters. The summed E-state index contributed by atoms with van der Waals surface area (Å²) in [5, 5.41) is 8.84. The second-order valence-corrected chi connectivity index (χ2v) is 7.71. The van der Waals surface area contributed by atoms with Crippen LogP contribution in [0.3, 0.4) is 0 Å². The Morgan fingerprint density at radius 2 is 2.11 bits per heavy atom. The lowest BCUT2D eigenvalue weighted by Crippen LogP contribution is -2.12. The van der Waals surface area contributed by atoms with E-state index in [9.17, 15) is 4.79 Å². The van der Waals surface area contributed by atoms with E-state index >= 15 is 0 Å². The van der Waals surface area contributed by atoms with Crippen LogP contribution in [0.15, 0.2) is 40.9 Å². The average Bonchev–Trinajstić information content (AvgIpc) is 3.59. The van der Waals surface area contributed by atoms with Crippen molar-refractivity contribution in [3.8, 4) is 11.6 Å². The van der Waals surface area contributed by atoms with Crippen LogP contribution in [0.1, 0.15) is 54.2 Å². The molecular formula is C21H21N5O2. The molecule has 1 aromatic carbocycles. The lowest BCUT2D eigenvalue weighted by molar-refractivity contribution is -0.113. The number of nitrogens with two attached hydrogens (primary N) is 1. The molecule has 0 bridgehead atoms. The molecule has 0 atom stereocenters. The van der Waals surface area contributed by atoms with Gasteiger partial charge in [0.25, 0.3) is 5.89 Å². The van der Waals surface area contributed by atoms with Gasteiger partial charge in [0.15, 0.2) is 11.5 Å². The topological polar surface area (TPSA) is 99.8 Å². The predicted octanol–water partition coefficient (Wildman–Crippen LogP) is 3.15. The SMILES string of the molecule is Cc1ccccc1C1(c2noc(-c3cc(C4CC4)n(C=CC(N)=O)n3)n2)CC1. The fourth-order valence-corrected chi connectivity index (χ4v) is 3.83. The Balaban J connectivity index is 1.50. The second-order valence-electron chi connectivity index (χ2n) is 7.71. The van der Waals surface area contributed by atoms with Crippen molar-refractivity contribution >= 4 is 12.1 Å². The number of primary amides is 1. The standard InChI is InChI=1S/C21H21N5O2/c1-13-4-2-3-5-15(13)21(9-10-21)20-23-19(28-25-20)16-12-17(14-6-7-14)26(24-16)11-8-18(22)27/h2-5,8,11-12,14H,6-7,9-10H2,1H3,(H2,22,27). The van der Waals surface area contributed by atoms with Gasteiger partial charge < -0.3 is 10.3 Å². The summed E-state index contributed by atoms with van der Waals surface area (Å²) in [4.78, 5) is 15.8. The molecule has 1 amide bonds. The molecule has 2 N–H and O–H groups in total. The molecule has 2 aromatic heterocycles. The normalized spacial score (nSPS) is 17.9. The van der Waals surface area contributed by atoms with E-state index in [0.29, 0.717) is 23.3 Å². The number of carbonyl (C=O) groups excluding carboxylic acids is 1. The highest BCUT2D eigenvalue weighted by Gasteiger charge is 2.50. The van der Waals surface area contributed by atoms with Crippen molar-refractivity contribution in [1.82, 2.24) is 19.9 Å². The van der Waals surface area contributed by atoms with E-state index in [1.54, 1.807) is 10.9 Å². The second kappa shape index (κ2) is 6.15. The zero-order chi connectivity index (χ0) is 19.3. The highest BCUT2D eigenvalue weighted by Crippen LogP contribution is 2.53. The molecule has 2 fully saturated rings. The Bertz CT molecular complexity index is 1090. The molecule has 2 saturated carbocycles. The summed E-state index contributed by atoms with van der Waals surface area (Å²) in [5.74, 6) is 1.06. The summed E-state index contributed by atoms with van der Waals surface area (Å²) in [5.41, 5.74) is 9.22. The monoisotopic (exact) mass is 375 g/mol. The Labute approximate surface area is 162 Å². The minimum absolute atomic E-state index is 0.152. The van der Waals surface area contributed by atoms with Crippen LogP contribution >= 0.6 is 0 Å². The Kier molecular flexibility index (Phi) is 3.72. The van der Waals surface area contributed by atoms with Gasteiger partial charge in [0.2, 0.25) is 5.91 Å². The quantitative estimate of drug-likeness (QED) is 0.667. The van der Waals surface area contributed by atoms with Gasteiger partial charge in [0.05, 0.1) is 5.41 Å². The molecular weight excluding hydrogens is 354 g/mol. The average molecular weight is 375 g/mol. The summed E-state index contributed by atoms with van der Waals surface area (Å²) in [6, 6.07) is 10.3. The molecule has 7 nitrogen and oxygen atoms in total. The smallest absolute Gasteiger partial charge is 0.278 e. The zero-order valence-electron chi connectivity index (χ0n) is 15.6. The summed E-state index contributed by atoms with van der Waals surface area (Å²) in [7, 11) is 0. The van der Waals surface area contributed by atoms with E-state index in [1.165, 1.54) is 17.2 Å². The van der Waals surface area contributed by atoms with Crippen molar-refractivity contribution in [3.63, 3.8) is 0 Å². The van der Waals surface area contributed by atoms with Gasteiger partial charge in [0, 0.05) is 23.9 Å². The Hall–Kier alpha value is -3.22. The lowest BCUT2D eigenvalue weighted by atomic mass is 9.91. The number of aryl methyl sites for hydroxylation is 1. The summed E-state index contributed by atoms with van der Waals surface area (Å²) in [6.07, 6.45) is 7.15. The number of hydrogen-bond acceptors (Lipinski definition) is 5. The molecule has 2 aliphatic carbocycles. The predicted molar refractivity (Wildman–Crippen MR) is 103 cm³/mol. The van der Waals surface area contributed by atoms with E-state index in [-0.39, 0.29) is 5.41 Å². The molecule has 5 rings (SSSR count). The number of aromatic nitrogens is 4. The summed E-state index contributed by atoms with van der Waals surface area (Å²) < 4.78 is 7.27. The molecule has 0 spiro atoms. The molecule has 2 aliphatic rings. The van der Waals surface area contributed by atoms with Gasteiger partial charge in [-0.3, -0.25) is 4.79 Å². The first-order chi connectivity index (χ1) is 13.6. The van der Waals surface area contributed by atoms with Crippen molar-refractivity contribution in [2.24, 2.45) is 5.73 Å². The van der Waals surface area contributed by atoms with E-state index in [0.717, 1.165) is 31.4 Å². The molecule has 0 radical (unpaired) electrons. The number of benzene rings is 1. The van der Waals surface area contributed by atoms with Gasteiger partial charge in [-0.05, 0) is 49.8 Å². The van der Waals surface area contributed by atoms with Gasteiger partial charge in [-0.25, -0.2) is 4.68 Å². The van der Waals surface area contributed by atoms with Gasteiger partial charge in [0.1, 0.15) is 0 Å². The maximum Gasteiger partial charge on any atom is 0.278 e. The van der Waals surface area contributed by atoms with Crippen LogP contribution in [0.5, 0.6) is 0 Å². The minimum Gasteiger partial charge on any atom is -0.366 e. The van der Waals surface area contributed by atoms with Crippen LogP contribution in [0.2, 0.25) is 0 Å². The first-order valence-electron chi connectivity index (χ1n) is 9.54. The zero-order valence-corrected chi connectivity index (χ0v) is 15.6. The van der Waals surface area contributed by atoms with E-state index in [2.05, 4.69) is 35.4 Å². The lowest BCUT2D eigenvalue weighted by Gasteiger charge is -2.13. The highest BCUT2D eigenvalue weighted by molar-refractivity contribution is 5.88. The third kappa shape index (κ3) is 2.83. The summed E-state index contributed by atoms with van der Waals surface area (Å²) in [6.45, 7) is 2.12. The fraction of sp³-hybridized carbons (Fsp3) is 0.333. The van der Waals surface area contributed by atoms with E-state index in [4.69, 9.17) is 15.2 Å². The number of hydrogen-bond donors (Lipinski definition) is 1. The third-order valence-corrected chi connectivity index (χ3v) is 5.62. The number of carbonyl (C=O) groups is 1. The van der Waals surface area contributed by atoms with Gasteiger partial charge in [-0.15, -0.1) is 0 Å². The van der Waals surface area contributed by atoms with Gasteiger partial charge in [-0.2, -0.15) is 10.1 Å². The fourth-order valence-electron chi connectivity index (χ4n) is 3.83. The first-order valence-corrected chi connectivity index (χ1v) is 9.54. The molecule has 28 heavy (non-hydrogen) atoms. The van der Waals surface area contributed by atoms with Crippen LogP contribution in [0.25, 0.3) is 17.8 Å². The summed E-state index contributed by atoms with van der Waals surface area (Å²) >= 11 is 0. The Morgan fingerprint density at radius 1 is 1.32 bits per heavy atom. The van der Waals surface area contributed by atoms with E-state index < -0.39 is 5.91 Å². The number of nitrogens with zero attached hydrogens (tertiary/aromatic N) is 4. The van der Waals surface area contributed by atoms with Crippen LogP contribution in [0, 0.1) is 6.92 Å². The first kappa shape index (κ1) is 16.9. The third-order valence-electron chi connectivity index (χ3n) is 5.62. The largest absolute Gasteiger partial charge is 0.366 e. The van der Waals surface area contributed by atoms with Crippen LogP contribution in [0.4, 0.5) is 0 Å². The molecule has 3 aromatic rings. The number of amides is 1. The van der Waals surface area contributed by atoms with Crippen molar-refractivity contribution in [1.29, 1.82) is 0 Å².